The van der Waals surface area contributed by atoms with E-state index >= 15 is 0 Å². The van der Waals surface area contributed by atoms with Crippen LogP contribution in [0.1, 0.15) is 163 Å². The number of cyclic esters (lactones) is 1. The third kappa shape index (κ3) is 18.1. The van der Waals surface area contributed by atoms with Crippen molar-refractivity contribution in [2.75, 3.05) is 18.9 Å². The van der Waals surface area contributed by atoms with E-state index in [2.05, 4.69) is 24.5 Å². The summed E-state index contributed by atoms with van der Waals surface area (Å²) in [5.41, 5.74) is 0. The summed E-state index contributed by atoms with van der Waals surface area (Å²) in [5, 5.41) is 4.90. The number of carbonyl (C=O) groups excluding carboxylic acids is 6. The first-order valence-corrected chi connectivity index (χ1v) is 21.7. The fourth-order valence-corrected chi connectivity index (χ4v) is 8.49. The predicted molar refractivity (Wildman–Crippen MR) is 209 cm³/mol. The Bertz CT molecular complexity index is 1160. The van der Waals surface area contributed by atoms with Crippen molar-refractivity contribution in [1.29, 1.82) is 0 Å². The van der Waals surface area contributed by atoms with E-state index in [0.29, 0.717) is 13.0 Å². The zero-order chi connectivity index (χ0) is 39.7. The number of nitrogens with one attached hydrogen (secondary N) is 2. The molecule has 0 aromatic heterocycles. The lowest BCUT2D eigenvalue weighted by atomic mass is 9.94. The Kier molecular flexibility index (Phi) is 24.0. The van der Waals surface area contributed by atoms with E-state index in [9.17, 15) is 28.8 Å². The van der Waals surface area contributed by atoms with Gasteiger partial charge in [-0.05, 0) is 12.8 Å². The molecule has 0 radical (unpaired) electrons. The number of thioether (sulfide) groups is 1. The number of rotatable bonds is 29. The maximum atomic E-state index is 13.6. The molecule has 2 saturated heterocycles. The van der Waals surface area contributed by atoms with E-state index in [-0.39, 0.29) is 30.6 Å². The highest BCUT2D eigenvalue weighted by atomic mass is 32.2. The maximum absolute atomic E-state index is 13.6. The number of ether oxygens (including phenoxy) is 4. The number of hydrogen-bond acceptors (Lipinski definition) is 11. The van der Waals surface area contributed by atoms with Gasteiger partial charge < -0.3 is 29.6 Å². The van der Waals surface area contributed by atoms with Crippen LogP contribution >= 0.6 is 11.8 Å². The first-order valence-electron chi connectivity index (χ1n) is 20.6. The van der Waals surface area contributed by atoms with Crippen molar-refractivity contribution in [3.05, 3.63) is 0 Å². The minimum absolute atomic E-state index is 0.0112. The van der Waals surface area contributed by atoms with Gasteiger partial charge in [0.05, 0.1) is 0 Å². The Morgan fingerprint density at radius 3 is 1.67 bits per heavy atom. The van der Waals surface area contributed by atoms with Crippen LogP contribution in [0.15, 0.2) is 0 Å². The molecule has 2 aliphatic rings. The normalized spacial score (nSPS) is 21.1. The standard InChI is InChI=1S/C40H69N3O10S/c1-6-8-10-12-14-16-18-20-22-24-26-41-38(48)32(42-34(47)25-23-21-19-17-15-13-11-9-7-2)28-54-39-37(53-31(5)46)36(52-30(4)45)35(51-29(3)44)33-27-50-40(49)43(33)39/h32-33,35-37,39H,6-28H2,1-5H3,(H,41,48)(H,42,47)/t32-,33?,35-,36?,37?,39+/m0/s1. The second-order valence-corrected chi connectivity index (χ2v) is 15.8. The molecular weight excluding hydrogens is 715 g/mol. The van der Waals surface area contributed by atoms with Crippen LogP contribution in [0.4, 0.5) is 4.79 Å². The Labute approximate surface area is 327 Å². The molecule has 0 spiro atoms. The number of amides is 3. The summed E-state index contributed by atoms with van der Waals surface area (Å²) in [4.78, 5) is 77.9. The highest BCUT2D eigenvalue weighted by Gasteiger charge is 2.59. The van der Waals surface area contributed by atoms with Crippen LogP contribution < -0.4 is 10.6 Å². The van der Waals surface area contributed by atoms with Crippen molar-refractivity contribution < 1.29 is 47.7 Å². The molecule has 13 nitrogen and oxygen atoms in total. The van der Waals surface area contributed by atoms with Crippen LogP contribution in [-0.2, 0) is 42.9 Å². The Hall–Kier alpha value is -3.03. The zero-order valence-electron chi connectivity index (χ0n) is 33.7. The molecule has 0 aromatic carbocycles. The van der Waals surface area contributed by atoms with E-state index in [4.69, 9.17) is 18.9 Å². The van der Waals surface area contributed by atoms with Gasteiger partial charge in [-0.1, -0.05) is 123 Å². The van der Waals surface area contributed by atoms with Crippen molar-refractivity contribution in [2.24, 2.45) is 0 Å². The van der Waals surface area contributed by atoms with E-state index in [1.807, 2.05) is 0 Å². The molecule has 3 unspecified atom stereocenters. The van der Waals surface area contributed by atoms with Crippen LogP contribution in [0.25, 0.3) is 0 Å². The smallest absolute Gasteiger partial charge is 0.411 e. The highest BCUT2D eigenvalue weighted by Crippen LogP contribution is 2.39. The molecule has 0 bridgehead atoms. The molecule has 3 amide bonds. The van der Waals surface area contributed by atoms with Gasteiger partial charge in [0.25, 0.3) is 0 Å². The third-order valence-electron chi connectivity index (χ3n) is 9.86. The molecule has 6 atom stereocenters. The summed E-state index contributed by atoms with van der Waals surface area (Å²) in [6.45, 7) is 8.27. The van der Waals surface area contributed by atoms with Gasteiger partial charge in [0.1, 0.15) is 24.1 Å². The summed E-state index contributed by atoms with van der Waals surface area (Å²) in [5.74, 6) is -2.69. The molecule has 2 N–H and O–H groups in total. The van der Waals surface area contributed by atoms with Crippen molar-refractivity contribution >= 4 is 47.6 Å². The van der Waals surface area contributed by atoms with Crippen LogP contribution in [0, 0.1) is 0 Å². The van der Waals surface area contributed by atoms with E-state index in [0.717, 1.165) is 50.3 Å². The van der Waals surface area contributed by atoms with E-state index < -0.39 is 59.8 Å². The number of hydrogen-bond donors (Lipinski definition) is 2. The van der Waals surface area contributed by atoms with Gasteiger partial charge >= 0.3 is 24.0 Å². The second-order valence-electron chi connectivity index (χ2n) is 14.7. The Morgan fingerprint density at radius 2 is 1.15 bits per heavy atom. The van der Waals surface area contributed by atoms with Crippen molar-refractivity contribution in [1.82, 2.24) is 15.5 Å². The van der Waals surface area contributed by atoms with Gasteiger partial charge in [-0.3, -0.25) is 28.9 Å². The van der Waals surface area contributed by atoms with Crippen LogP contribution in [0.3, 0.4) is 0 Å². The van der Waals surface area contributed by atoms with Crippen LogP contribution in [-0.4, -0.2) is 95.4 Å². The number of nitrogens with zero attached hydrogens (tertiary/aromatic N) is 1. The van der Waals surface area contributed by atoms with Crippen LogP contribution in [0.2, 0.25) is 0 Å². The van der Waals surface area contributed by atoms with Gasteiger partial charge in [-0.15, -0.1) is 11.8 Å². The predicted octanol–water partition coefficient (Wildman–Crippen LogP) is 7.12. The molecule has 2 aliphatic heterocycles. The zero-order valence-corrected chi connectivity index (χ0v) is 34.5. The van der Waals surface area contributed by atoms with Gasteiger partial charge in [-0.25, -0.2) is 4.79 Å². The Morgan fingerprint density at radius 1 is 0.685 bits per heavy atom. The number of carbonyl (C=O) groups is 6. The van der Waals surface area contributed by atoms with Crippen LogP contribution in [0.5, 0.6) is 0 Å². The fourth-order valence-electron chi connectivity index (χ4n) is 7.06. The van der Waals surface area contributed by atoms with E-state index in [1.54, 1.807) is 0 Å². The molecule has 2 heterocycles. The Balaban J connectivity index is 2.11. The summed E-state index contributed by atoms with van der Waals surface area (Å²) < 4.78 is 22.1. The summed E-state index contributed by atoms with van der Waals surface area (Å²) in [6, 6.07) is -1.81. The minimum atomic E-state index is -1.27. The number of fused-ring (bicyclic) bond motifs is 1. The summed E-state index contributed by atoms with van der Waals surface area (Å²) >= 11 is 1.10. The molecule has 0 aliphatic carbocycles. The van der Waals surface area contributed by atoms with Gasteiger partial charge in [0, 0.05) is 39.5 Å². The first-order chi connectivity index (χ1) is 26.0. The van der Waals surface area contributed by atoms with Crippen molar-refractivity contribution in [3.8, 4) is 0 Å². The fraction of sp³-hybridized carbons (Fsp3) is 0.850. The average Bonchev–Trinajstić information content (AvgIpc) is 3.50. The number of piperidine rings is 1. The highest BCUT2D eigenvalue weighted by molar-refractivity contribution is 8.00. The lowest BCUT2D eigenvalue weighted by Gasteiger charge is -2.47. The van der Waals surface area contributed by atoms with Gasteiger partial charge in [0.15, 0.2) is 18.3 Å². The largest absolute Gasteiger partial charge is 0.456 e. The first kappa shape index (κ1) is 47.1. The van der Waals surface area contributed by atoms with E-state index in [1.165, 1.54) is 103 Å². The molecule has 2 fully saturated rings. The average molecular weight is 784 g/mol. The van der Waals surface area contributed by atoms with Crippen molar-refractivity contribution in [3.63, 3.8) is 0 Å². The second kappa shape index (κ2) is 27.5. The molecule has 14 heteroatoms. The quantitative estimate of drug-likeness (QED) is 0.0451. The number of esters is 3. The minimum Gasteiger partial charge on any atom is -0.456 e. The topological polar surface area (TPSA) is 167 Å². The summed E-state index contributed by atoms with van der Waals surface area (Å²) in [6.07, 6.45) is 17.6. The maximum Gasteiger partial charge on any atom is 0.411 e. The summed E-state index contributed by atoms with van der Waals surface area (Å²) in [7, 11) is 0. The van der Waals surface area contributed by atoms with Gasteiger partial charge in [0.2, 0.25) is 11.8 Å². The molecule has 0 aromatic rings. The lowest BCUT2D eigenvalue weighted by Crippen LogP contribution is -2.67. The van der Waals surface area contributed by atoms with Gasteiger partial charge in [-0.2, -0.15) is 0 Å². The monoisotopic (exact) mass is 783 g/mol. The SMILES string of the molecule is CCCCCCCCCCCCNC(=O)[C@H](CS[C@@H]1C(OC(C)=O)C(OC(C)=O)[C@@H](OC(C)=O)C2COC(=O)N21)NC(=O)CCCCCCCCCCC. The lowest BCUT2D eigenvalue weighted by molar-refractivity contribution is -0.200. The van der Waals surface area contributed by atoms with Crippen molar-refractivity contribution in [2.45, 2.75) is 199 Å². The molecular formula is C40H69N3O10S. The third-order valence-corrected chi connectivity index (χ3v) is 11.2. The number of unbranched alkanes of at least 4 members (excludes halogenated alkanes) is 17. The molecule has 2 rings (SSSR count). The molecule has 54 heavy (non-hydrogen) atoms. The molecule has 0 saturated carbocycles. The molecule has 310 valence electrons.